The van der Waals surface area contributed by atoms with Gasteiger partial charge in [0, 0.05) is 0 Å². The molecule has 28 heavy (non-hydrogen) atoms. The van der Waals surface area contributed by atoms with E-state index in [1.165, 1.54) is 0 Å². The molecule has 0 spiro atoms. The van der Waals surface area contributed by atoms with Crippen LogP contribution in [0.5, 0.6) is 0 Å². The standard InChI is InChI=1S/C22H22O6/c1-15-7-5-9-19(17(15)3)11-13-25-21(23)27-28-22(24)26-14-12-20-10-6-8-16(2)18(20)4/h5-14H,1-4H3/b13-11+,14-12+. The van der Waals surface area contributed by atoms with Crippen LogP contribution in [-0.4, -0.2) is 12.3 Å². The minimum Gasteiger partial charge on any atom is -0.400 e. The number of carbonyl (C=O) groups is 2. The lowest BCUT2D eigenvalue weighted by Crippen LogP contribution is -2.10. The van der Waals surface area contributed by atoms with Gasteiger partial charge in [-0.05, 0) is 73.2 Å². The first-order valence-corrected chi connectivity index (χ1v) is 8.59. The van der Waals surface area contributed by atoms with E-state index >= 15 is 0 Å². The maximum absolute atomic E-state index is 11.4. The number of hydrogen-bond donors (Lipinski definition) is 0. The fraction of sp³-hybridized carbons (Fsp3) is 0.182. The predicted molar refractivity (Wildman–Crippen MR) is 105 cm³/mol. The van der Waals surface area contributed by atoms with Crippen LogP contribution in [0.3, 0.4) is 0 Å². The second kappa shape index (κ2) is 9.97. The molecular formula is C22H22O6. The average Bonchev–Trinajstić information content (AvgIpc) is 2.67. The Kier molecular flexibility index (Phi) is 7.39. The summed E-state index contributed by atoms with van der Waals surface area (Å²) in [5.41, 5.74) is 6.14. The van der Waals surface area contributed by atoms with E-state index < -0.39 is 12.3 Å². The number of ether oxygens (including phenoxy) is 2. The molecule has 0 radical (unpaired) electrons. The van der Waals surface area contributed by atoms with E-state index in [2.05, 4.69) is 9.78 Å². The van der Waals surface area contributed by atoms with Gasteiger partial charge in [-0.3, -0.25) is 0 Å². The quantitative estimate of drug-likeness (QED) is 0.289. The van der Waals surface area contributed by atoms with E-state index in [0.29, 0.717) is 0 Å². The summed E-state index contributed by atoms with van der Waals surface area (Å²) in [5, 5.41) is 0. The smallest absolute Gasteiger partial charge is 0.400 e. The van der Waals surface area contributed by atoms with Gasteiger partial charge in [-0.1, -0.05) is 36.4 Å². The summed E-state index contributed by atoms with van der Waals surface area (Å²) in [4.78, 5) is 31.3. The molecular weight excluding hydrogens is 360 g/mol. The Balaban J connectivity index is 1.75. The lowest BCUT2D eigenvalue weighted by Gasteiger charge is -2.04. The first-order chi connectivity index (χ1) is 13.4. The highest BCUT2D eigenvalue weighted by atomic mass is 17.3. The van der Waals surface area contributed by atoms with Crippen molar-refractivity contribution in [3.8, 4) is 0 Å². The van der Waals surface area contributed by atoms with Crippen LogP contribution < -0.4 is 0 Å². The van der Waals surface area contributed by atoms with Crippen LogP contribution in [0.25, 0.3) is 12.2 Å². The van der Waals surface area contributed by atoms with Gasteiger partial charge >= 0.3 is 12.3 Å². The number of rotatable bonds is 4. The van der Waals surface area contributed by atoms with Crippen LogP contribution in [0.1, 0.15) is 33.4 Å². The largest absolute Gasteiger partial charge is 0.555 e. The Morgan fingerprint density at radius 1 is 0.679 bits per heavy atom. The third kappa shape index (κ3) is 6.02. The number of aryl methyl sites for hydroxylation is 2. The molecule has 0 aliphatic carbocycles. The SMILES string of the molecule is Cc1cccc(/C=C/OC(=O)OOC(=O)O/C=C/c2cccc(C)c2C)c1C. The van der Waals surface area contributed by atoms with Crippen LogP contribution in [0.15, 0.2) is 48.9 Å². The average molecular weight is 382 g/mol. The van der Waals surface area contributed by atoms with Crippen LogP contribution in [0, 0.1) is 27.7 Å². The van der Waals surface area contributed by atoms with E-state index in [-0.39, 0.29) is 0 Å². The van der Waals surface area contributed by atoms with Crippen molar-refractivity contribution >= 4 is 24.5 Å². The van der Waals surface area contributed by atoms with Gasteiger partial charge in [0.2, 0.25) is 0 Å². The summed E-state index contributed by atoms with van der Waals surface area (Å²) in [7, 11) is 0. The minimum atomic E-state index is -1.20. The molecule has 6 heteroatoms. The lowest BCUT2D eigenvalue weighted by molar-refractivity contribution is -0.209. The molecule has 0 saturated heterocycles. The molecule has 0 heterocycles. The van der Waals surface area contributed by atoms with Gasteiger partial charge in [0.25, 0.3) is 0 Å². The summed E-state index contributed by atoms with van der Waals surface area (Å²) in [5.74, 6) is 0. The van der Waals surface area contributed by atoms with E-state index in [9.17, 15) is 9.59 Å². The molecule has 2 aromatic rings. The van der Waals surface area contributed by atoms with Crippen molar-refractivity contribution < 1.29 is 28.8 Å². The van der Waals surface area contributed by atoms with Crippen molar-refractivity contribution in [1.82, 2.24) is 0 Å². The van der Waals surface area contributed by atoms with Gasteiger partial charge in [-0.25, -0.2) is 0 Å². The van der Waals surface area contributed by atoms with E-state index in [1.807, 2.05) is 64.1 Å². The second-order valence-corrected chi connectivity index (χ2v) is 6.09. The highest BCUT2D eigenvalue weighted by Crippen LogP contribution is 2.15. The molecule has 146 valence electrons. The zero-order valence-corrected chi connectivity index (χ0v) is 16.2. The fourth-order valence-electron chi connectivity index (χ4n) is 2.34. The number of benzene rings is 2. The van der Waals surface area contributed by atoms with Gasteiger partial charge in [-0.2, -0.15) is 19.4 Å². The number of hydrogen-bond acceptors (Lipinski definition) is 6. The van der Waals surface area contributed by atoms with Crippen LogP contribution in [-0.2, 0) is 19.2 Å². The van der Waals surface area contributed by atoms with Crippen molar-refractivity contribution in [1.29, 1.82) is 0 Å². The molecule has 0 bridgehead atoms. The first kappa shape index (κ1) is 20.8. The lowest BCUT2D eigenvalue weighted by atomic mass is 10.0. The zero-order chi connectivity index (χ0) is 20.5. The maximum Gasteiger partial charge on any atom is 0.555 e. The maximum atomic E-state index is 11.4. The molecule has 0 amide bonds. The van der Waals surface area contributed by atoms with E-state index in [1.54, 1.807) is 12.2 Å². The van der Waals surface area contributed by atoms with Gasteiger partial charge < -0.3 is 9.47 Å². The van der Waals surface area contributed by atoms with Gasteiger partial charge in [-0.15, -0.1) is 0 Å². The van der Waals surface area contributed by atoms with E-state index in [0.717, 1.165) is 45.9 Å². The van der Waals surface area contributed by atoms with Crippen molar-refractivity contribution in [2.24, 2.45) is 0 Å². The number of carbonyl (C=O) groups excluding carboxylic acids is 2. The molecule has 0 aromatic heterocycles. The van der Waals surface area contributed by atoms with Gasteiger partial charge in [0.05, 0.1) is 12.5 Å². The zero-order valence-electron chi connectivity index (χ0n) is 16.2. The third-order valence-corrected chi connectivity index (χ3v) is 4.29. The summed E-state index contributed by atoms with van der Waals surface area (Å²) in [6.07, 6.45) is 3.12. The Morgan fingerprint density at radius 2 is 1.07 bits per heavy atom. The molecule has 6 nitrogen and oxygen atoms in total. The fourth-order valence-corrected chi connectivity index (χ4v) is 2.34. The normalized spacial score (nSPS) is 10.9. The van der Waals surface area contributed by atoms with Crippen LogP contribution in [0.2, 0.25) is 0 Å². The molecule has 0 N–H and O–H groups in total. The van der Waals surface area contributed by atoms with Crippen LogP contribution >= 0.6 is 0 Å². The molecule has 0 unspecified atom stereocenters. The minimum absolute atomic E-state index is 0.893. The van der Waals surface area contributed by atoms with Crippen LogP contribution in [0.4, 0.5) is 9.59 Å². The summed E-state index contributed by atoms with van der Waals surface area (Å²) < 4.78 is 9.40. The van der Waals surface area contributed by atoms with Gasteiger partial charge in [0.15, 0.2) is 0 Å². The van der Waals surface area contributed by atoms with Gasteiger partial charge in [0.1, 0.15) is 0 Å². The highest BCUT2D eigenvalue weighted by Gasteiger charge is 2.10. The Hall–Kier alpha value is -3.54. The Morgan fingerprint density at radius 3 is 1.46 bits per heavy atom. The highest BCUT2D eigenvalue weighted by molar-refractivity contribution is 5.66. The Labute approximate surface area is 163 Å². The van der Waals surface area contributed by atoms with Crippen molar-refractivity contribution in [3.05, 3.63) is 82.3 Å². The Bertz CT molecular complexity index is 836. The third-order valence-electron chi connectivity index (χ3n) is 4.29. The molecule has 0 aliphatic rings. The van der Waals surface area contributed by atoms with Crippen molar-refractivity contribution in [2.45, 2.75) is 27.7 Å². The van der Waals surface area contributed by atoms with E-state index in [4.69, 9.17) is 9.47 Å². The first-order valence-electron chi connectivity index (χ1n) is 8.59. The summed E-state index contributed by atoms with van der Waals surface area (Å²) in [6, 6.07) is 11.5. The molecule has 0 atom stereocenters. The topological polar surface area (TPSA) is 71.1 Å². The predicted octanol–water partition coefficient (Wildman–Crippen LogP) is 5.78. The van der Waals surface area contributed by atoms with Crippen molar-refractivity contribution in [3.63, 3.8) is 0 Å². The second-order valence-electron chi connectivity index (χ2n) is 6.09. The molecule has 0 fully saturated rings. The summed E-state index contributed by atoms with van der Waals surface area (Å²) in [6.45, 7) is 7.88. The molecule has 2 aromatic carbocycles. The van der Waals surface area contributed by atoms with Crippen molar-refractivity contribution in [2.75, 3.05) is 0 Å². The molecule has 0 aliphatic heterocycles. The molecule has 2 rings (SSSR count). The molecule has 0 saturated carbocycles. The monoisotopic (exact) mass is 382 g/mol. The summed E-state index contributed by atoms with van der Waals surface area (Å²) >= 11 is 0.